The molecular formula is C13H16FN3O2. The molecule has 5 nitrogen and oxygen atoms in total. The lowest BCUT2D eigenvalue weighted by molar-refractivity contribution is 0.325. The van der Waals surface area contributed by atoms with Crippen LogP contribution in [-0.4, -0.2) is 17.3 Å². The molecule has 0 saturated heterocycles. The Morgan fingerprint density at radius 3 is 2.68 bits per heavy atom. The molecule has 0 aliphatic rings. The van der Waals surface area contributed by atoms with Gasteiger partial charge in [-0.05, 0) is 18.1 Å². The highest BCUT2D eigenvalue weighted by molar-refractivity contribution is 5.56. The quantitative estimate of drug-likeness (QED) is 0.919. The molecule has 0 saturated carbocycles. The van der Waals surface area contributed by atoms with E-state index in [-0.39, 0.29) is 23.3 Å². The number of aromatic nitrogens is 2. The Morgan fingerprint density at radius 1 is 1.37 bits per heavy atom. The molecule has 0 spiro atoms. The largest absolute Gasteiger partial charge is 0.497 e. The summed E-state index contributed by atoms with van der Waals surface area (Å²) in [5.41, 5.74) is 6.16. The first-order valence-corrected chi connectivity index (χ1v) is 5.96. The van der Waals surface area contributed by atoms with Gasteiger partial charge in [-0.2, -0.15) is 4.98 Å². The summed E-state index contributed by atoms with van der Waals surface area (Å²) in [4.78, 5) is 4.13. The summed E-state index contributed by atoms with van der Waals surface area (Å²) in [7, 11) is 1.47. The van der Waals surface area contributed by atoms with Crippen molar-refractivity contribution in [3.05, 3.63) is 29.9 Å². The van der Waals surface area contributed by atoms with Gasteiger partial charge in [-0.1, -0.05) is 19.0 Å². The Labute approximate surface area is 110 Å². The van der Waals surface area contributed by atoms with Gasteiger partial charge in [-0.25, -0.2) is 4.39 Å². The molecule has 19 heavy (non-hydrogen) atoms. The number of rotatable bonds is 4. The maximum absolute atomic E-state index is 13.9. The van der Waals surface area contributed by atoms with E-state index < -0.39 is 5.82 Å². The zero-order valence-electron chi connectivity index (χ0n) is 11.1. The Hall–Kier alpha value is -1.95. The molecule has 0 bridgehead atoms. The third-order valence-corrected chi connectivity index (χ3v) is 2.86. The van der Waals surface area contributed by atoms with Gasteiger partial charge in [-0.3, -0.25) is 0 Å². The fourth-order valence-electron chi connectivity index (χ4n) is 1.57. The van der Waals surface area contributed by atoms with E-state index in [1.54, 1.807) is 12.1 Å². The van der Waals surface area contributed by atoms with Gasteiger partial charge in [0.25, 0.3) is 0 Å². The Balaban J connectivity index is 2.33. The smallest absolute Gasteiger partial charge is 0.244 e. The number of hydrogen-bond acceptors (Lipinski definition) is 5. The van der Waals surface area contributed by atoms with Crippen molar-refractivity contribution >= 4 is 0 Å². The first kappa shape index (κ1) is 13.5. The average Bonchev–Trinajstić information content (AvgIpc) is 2.86. The van der Waals surface area contributed by atoms with E-state index in [2.05, 4.69) is 10.1 Å². The number of ether oxygens (including phenoxy) is 1. The first-order chi connectivity index (χ1) is 9.02. The summed E-state index contributed by atoms with van der Waals surface area (Å²) in [6.07, 6.45) is 0. The molecule has 0 aliphatic heterocycles. The molecular weight excluding hydrogens is 249 g/mol. The van der Waals surface area contributed by atoms with Crippen LogP contribution < -0.4 is 10.5 Å². The summed E-state index contributed by atoms with van der Waals surface area (Å²) < 4.78 is 23.9. The van der Waals surface area contributed by atoms with Crippen LogP contribution in [0.4, 0.5) is 4.39 Å². The molecule has 2 aromatic rings. The average molecular weight is 265 g/mol. The minimum absolute atomic E-state index is 0.161. The van der Waals surface area contributed by atoms with Gasteiger partial charge in [-0.15, -0.1) is 0 Å². The van der Waals surface area contributed by atoms with Crippen molar-refractivity contribution in [1.82, 2.24) is 10.1 Å². The summed E-state index contributed by atoms with van der Waals surface area (Å²) in [6, 6.07) is 4.09. The second-order valence-corrected chi connectivity index (χ2v) is 4.57. The lowest BCUT2D eigenvalue weighted by atomic mass is 10.1. The van der Waals surface area contributed by atoms with Gasteiger partial charge in [0.05, 0.1) is 18.7 Å². The van der Waals surface area contributed by atoms with Gasteiger partial charge >= 0.3 is 0 Å². The maximum Gasteiger partial charge on any atom is 0.244 e. The molecule has 0 fully saturated rings. The highest BCUT2D eigenvalue weighted by atomic mass is 19.1. The van der Waals surface area contributed by atoms with Gasteiger partial charge in [0.2, 0.25) is 11.7 Å². The summed E-state index contributed by atoms with van der Waals surface area (Å²) in [6.45, 7) is 3.89. The molecule has 1 aromatic carbocycles. The Bertz CT molecular complexity index is 569. The van der Waals surface area contributed by atoms with Crippen LogP contribution in [0.2, 0.25) is 0 Å². The van der Waals surface area contributed by atoms with Crippen molar-refractivity contribution in [1.29, 1.82) is 0 Å². The van der Waals surface area contributed by atoms with Crippen molar-refractivity contribution in [2.75, 3.05) is 7.11 Å². The third kappa shape index (κ3) is 2.73. The molecule has 2 N–H and O–H groups in total. The standard InChI is InChI=1S/C13H16FN3O2/c1-7(2)11(15)13-16-12(17-19-13)9-5-4-8(18-3)6-10(9)14/h4-7,11H,15H2,1-3H3. The van der Waals surface area contributed by atoms with E-state index in [1.807, 2.05) is 13.8 Å². The normalized spacial score (nSPS) is 12.7. The molecule has 0 aliphatic carbocycles. The maximum atomic E-state index is 13.9. The van der Waals surface area contributed by atoms with Crippen LogP contribution in [0.25, 0.3) is 11.4 Å². The molecule has 2 rings (SSSR count). The SMILES string of the molecule is COc1ccc(-c2noc(C(N)C(C)C)n2)c(F)c1. The van der Waals surface area contributed by atoms with Gasteiger partial charge in [0.15, 0.2) is 0 Å². The second-order valence-electron chi connectivity index (χ2n) is 4.57. The summed E-state index contributed by atoms with van der Waals surface area (Å²) in [5.74, 6) is 0.620. The first-order valence-electron chi connectivity index (χ1n) is 5.96. The van der Waals surface area contributed by atoms with Crippen molar-refractivity contribution in [2.24, 2.45) is 11.7 Å². The van der Waals surface area contributed by atoms with E-state index in [1.165, 1.54) is 13.2 Å². The predicted octanol–water partition coefficient (Wildman–Crippen LogP) is 2.54. The number of nitrogens with zero attached hydrogens (tertiary/aromatic N) is 2. The summed E-state index contributed by atoms with van der Waals surface area (Å²) in [5, 5.41) is 3.76. The van der Waals surface area contributed by atoms with Crippen LogP contribution in [0.5, 0.6) is 5.75 Å². The van der Waals surface area contributed by atoms with E-state index >= 15 is 0 Å². The molecule has 1 aromatic heterocycles. The topological polar surface area (TPSA) is 74.2 Å². The van der Waals surface area contributed by atoms with Crippen LogP contribution in [-0.2, 0) is 0 Å². The van der Waals surface area contributed by atoms with Crippen molar-refractivity contribution in [3.8, 4) is 17.1 Å². The number of methoxy groups -OCH3 is 1. The lowest BCUT2D eigenvalue weighted by Gasteiger charge is -2.09. The second kappa shape index (κ2) is 5.36. The molecule has 6 heteroatoms. The zero-order chi connectivity index (χ0) is 14.0. The van der Waals surface area contributed by atoms with Crippen molar-refractivity contribution < 1.29 is 13.7 Å². The highest BCUT2D eigenvalue weighted by Crippen LogP contribution is 2.26. The fraction of sp³-hybridized carbons (Fsp3) is 0.385. The van der Waals surface area contributed by atoms with Gasteiger partial charge in [0, 0.05) is 6.07 Å². The molecule has 102 valence electrons. The van der Waals surface area contributed by atoms with E-state index in [4.69, 9.17) is 15.0 Å². The lowest BCUT2D eigenvalue weighted by Crippen LogP contribution is -2.16. The number of nitrogens with two attached hydrogens (primary N) is 1. The van der Waals surface area contributed by atoms with E-state index in [0.717, 1.165) is 0 Å². The van der Waals surface area contributed by atoms with Crippen molar-refractivity contribution in [3.63, 3.8) is 0 Å². The Morgan fingerprint density at radius 2 is 2.11 bits per heavy atom. The van der Waals surface area contributed by atoms with Crippen LogP contribution in [0.3, 0.4) is 0 Å². The number of halogens is 1. The molecule has 0 radical (unpaired) electrons. The van der Waals surface area contributed by atoms with Crippen LogP contribution in [0, 0.1) is 11.7 Å². The zero-order valence-corrected chi connectivity index (χ0v) is 11.1. The molecule has 1 heterocycles. The molecule has 1 unspecified atom stereocenters. The van der Waals surface area contributed by atoms with E-state index in [0.29, 0.717) is 11.6 Å². The fourth-order valence-corrected chi connectivity index (χ4v) is 1.57. The molecule has 1 atom stereocenters. The molecule has 0 amide bonds. The third-order valence-electron chi connectivity index (χ3n) is 2.86. The number of benzene rings is 1. The van der Waals surface area contributed by atoms with Crippen LogP contribution >= 0.6 is 0 Å². The highest BCUT2D eigenvalue weighted by Gasteiger charge is 2.20. The predicted molar refractivity (Wildman–Crippen MR) is 68.0 cm³/mol. The summed E-state index contributed by atoms with van der Waals surface area (Å²) >= 11 is 0. The Kier molecular flexibility index (Phi) is 3.80. The number of hydrogen-bond donors (Lipinski definition) is 1. The minimum atomic E-state index is -0.468. The van der Waals surface area contributed by atoms with Crippen LogP contribution in [0.15, 0.2) is 22.7 Å². The van der Waals surface area contributed by atoms with Crippen molar-refractivity contribution in [2.45, 2.75) is 19.9 Å². The van der Waals surface area contributed by atoms with Gasteiger partial charge < -0.3 is 15.0 Å². The van der Waals surface area contributed by atoms with Crippen LogP contribution in [0.1, 0.15) is 25.8 Å². The van der Waals surface area contributed by atoms with Gasteiger partial charge in [0.1, 0.15) is 11.6 Å². The van der Waals surface area contributed by atoms with E-state index in [9.17, 15) is 4.39 Å². The minimum Gasteiger partial charge on any atom is -0.497 e. The monoisotopic (exact) mass is 265 g/mol.